The lowest BCUT2D eigenvalue weighted by molar-refractivity contribution is -0.122. The summed E-state index contributed by atoms with van der Waals surface area (Å²) in [5.74, 6) is 4.11. The molecular weight excluding hydrogens is 206 g/mol. The third-order valence-electron chi connectivity index (χ3n) is 3.90. The molecule has 3 heteroatoms. The number of allylic oxidation sites excluding steroid dienone is 4. The maximum absolute atomic E-state index is 11.9. The van der Waals surface area contributed by atoms with E-state index in [-0.39, 0.29) is 5.92 Å². The quantitative estimate of drug-likeness (QED) is 0.675. The number of carbonyl (C=O) groups excluding carboxylic acids is 1. The zero-order valence-corrected chi connectivity index (χ0v) is 9.37. The van der Waals surface area contributed by atoms with Crippen LogP contribution in [0.4, 0.5) is 0 Å². The number of carbonyl (C=O) groups is 1. The number of rotatable bonds is 0. The van der Waals surface area contributed by atoms with E-state index in [4.69, 9.17) is 5.73 Å². The van der Waals surface area contributed by atoms with Gasteiger partial charge in [0.25, 0.3) is 0 Å². The Morgan fingerprint density at radius 3 is 3.13 bits per heavy atom. The maximum atomic E-state index is 11.9. The molecule has 0 aromatic carbocycles. The molecule has 0 aromatic rings. The molecule has 1 saturated heterocycles. The number of hydrogen-bond donors (Lipinski definition) is 1. The number of thioether (sulfide) groups is 1. The Morgan fingerprint density at radius 1 is 1.40 bits per heavy atom. The molecule has 0 saturated carbocycles. The average Bonchev–Trinajstić information content (AvgIpc) is 2.66. The minimum Gasteiger partial charge on any atom is -0.402 e. The maximum Gasteiger partial charge on any atom is 0.159 e. The zero-order valence-electron chi connectivity index (χ0n) is 8.56. The van der Waals surface area contributed by atoms with Gasteiger partial charge in [-0.15, -0.1) is 0 Å². The molecule has 1 heterocycles. The summed E-state index contributed by atoms with van der Waals surface area (Å²) in [6.07, 6.45) is 6.91. The van der Waals surface area contributed by atoms with Gasteiger partial charge in [-0.25, -0.2) is 0 Å². The number of fused-ring (bicyclic) bond motifs is 3. The predicted molar refractivity (Wildman–Crippen MR) is 62.3 cm³/mol. The summed E-state index contributed by atoms with van der Waals surface area (Å²) in [6, 6.07) is 0. The molecule has 4 atom stereocenters. The summed E-state index contributed by atoms with van der Waals surface area (Å²) >= 11 is 1.94. The van der Waals surface area contributed by atoms with Gasteiger partial charge < -0.3 is 5.73 Å². The molecule has 2 aliphatic carbocycles. The SMILES string of the molecule is NC1=CC2CC=CC(=O)C2C2CSCC12. The fourth-order valence-electron chi connectivity index (χ4n) is 3.15. The van der Waals surface area contributed by atoms with Gasteiger partial charge >= 0.3 is 0 Å². The first-order valence-corrected chi connectivity index (χ1v) is 6.68. The molecule has 1 aliphatic heterocycles. The molecule has 3 aliphatic rings. The molecule has 3 rings (SSSR count). The van der Waals surface area contributed by atoms with Crippen molar-refractivity contribution in [1.82, 2.24) is 0 Å². The van der Waals surface area contributed by atoms with Crippen LogP contribution < -0.4 is 5.73 Å². The lowest BCUT2D eigenvalue weighted by atomic mass is 9.66. The summed E-state index contributed by atoms with van der Waals surface area (Å²) < 4.78 is 0. The van der Waals surface area contributed by atoms with Gasteiger partial charge in [0, 0.05) is 23.3 Å². The molecule has 0 bridgehead atoms. The highest BCUT2D eigenvalue weighted by atomic mass is 32.2. The van der Waals surface area contributed by atoms with Gasteiger partial charge in [0.15, 0.2) is 5.78 Å². The van der Waals surface area contributed by atoms with Crippen molar-refractivity contribution in [2.24, 2.45) is 29.4 Å². The lowest BCUT2D eigenvalue weighted by Crippen LogP contribution is -2.40. The third-order valence-corrected chi connectivity index (χ3v) is 5.12. The van der Waals surface area contributed by atoms with Crippen LogP contribution in [-0.4, -0.2) is 17.3 Å². The molecule has 80 valence electrons. The highest BCUT2D eigenvalue weighted by Crippen LogP contribution is 2.47. The van der Waals surface area contributed by atoms with Crippen LogP contribution in [0.25, 0.3) is 0 Å². The van der Waals surface area contributed by atoms with E-state index < -0.39 is 0 Å². The fraction of sp³-hybridized carbons (Fsp3) is 0.583. The molecule has 4 unspecified atom stereocenters. The number of hydrogen-bond acceptors (Lipinski definition) is 3. The summed E-state index contributed by atoms with van der Waals surface area (Å²) in [5, 5.41) is 0. The van der Waals surface area contributed by atoms with Crippen LogP contribution in [0.1, 0.15) is 6.42 Å². The van der Waals surface area contributed by atoms with Gasteiger partial charge in [0.05, 0.1) is 0 Å². The molecule has 15 heavy (non-hydrogen) atoms. The average molecular weight is 221 g/mol. The Bertz CT molecular complexity index is 361. The van der Waals surface area contributed by atoms with E-state index in [0.717, 1.165) is 23.6 Å². The standard InChI is InChI=1S/C12H15NOS/c13-10-4-7-2-1-3-11(14)12(7)9-6-15-5-8(9)10/h1,3-4,7-9,12H,2,5-6,13H2. The van der Waals surface area contributed by atoms with E-state index in [1.54, 1.807) is 6.08 Å². The highest BCUT2D eigenvalue weighted by Gasteiger charge is 2.45. The molecule has 2 nitrogen and oxygen atoms in total. The van der Waals surface area contributed by atoms with E-state index in [2.05, 4.69) is 6.08 Å². The van der Waals surface area contributed by atoms with Gasteiger partial charge in [-0.05, 0) is 30.1 Å². The highest BCUT2D eigenvalue weighted by molar-refractivity contribution is 7.99. The van der Waals surface area contributed by atoms with Crippen molar-refractivity contribution in [3.63, 3.8) is 0 Å². The minimum atomic E-state index is 0.224. The van der Waals surface area contributed by atoms with Gasteiger partial charge in [-0.2, -0.15) is 11.8 Å². The van der Waals surface area contributed by atoms with Crippen LogP contribution in [0.3, 0.4) is 0 Å². The van der Waals surface area contributed by atoms with Gasteiger partial charge in [-0.1, -0.05) is 12.2 Å². The van der Waals surface area contributed by atoms with Crippen LogP contribution in [0.15, 0.2) is 23.9 Å². The van der Waals surface area contributed by atoms with Crippen molar-refractivity contribution in [1.29, 1.82) is 0 Å². The zero-order chi connectivity index (χ0) is 10.4. The van der Waals surface area contributed by atoms with Crippen molar-refractivity contribution >= 4 is 17.5 Å². The molecule has 1 fully saturated rings. The smallest absolute Gasteiger partial charge is 0.159 e. The largest absolute Gasteiger partial charge is 0.402 e. The monoisotopic (exact) mass is 221 g/mol. The second-order valence-corrected chi connectivity index (χ2v) is 5.78. The summed E-state index contributed by atoms with van der Waals surface area (Å²) in [4.78, 5) is 11.9. The first kappa shape index (κ1) is 9.52. The molecule has 0 spiro atoms. The predicted octanol–water partition coefficient (Wildman–Crippen LogP) is 1.58. The normalized spacial score (nSPS) is 43.5. The lowest BCUT2D eigenvalue weighted by Gasteiger charge is -2.37. The van der Waals surface area contributed by atoms with Crippen molar-refractivity contribution < 1.29 is 4.79 Å². The Balaban J connectivity index is 2.01. The van der Waals surface area contributed by atoms with Crippen LogP contribution in [0, 0.1) is 23.7 Å². The topological polar surface area (TPSA) is 43.1 Å². The summed E-state index contributed by atoms with van der Waals surface area (Å²) in [6.45, 7) is 0. The van der Waals surface area contributed by atoms with Gasteiger partial charge in [0.1, 0.15) is 0 Å². The Labute approximate surface area is 94.0 Å². The Morgan fingerprint density at radius 2 is 2.27 bits per heavy atom. The van der Waals surface area contributed by atoms with E-state index in [1.807, 2.05) is 17.8 Å². The van der Waals surface area contributed by atoms with Crippen molar-refractivity contribution in [3.8, 4) is 0 Å². The van der Waals surface area contributed by atoms with Crippen molar-refractivity contribution in [3.05, 3.63) is 23.9 Å². The van der Waals surface area contributed by atoms with Crippen molar-refractivity contribution in [2.75, 3.05) is 11.5 Å². The van der Waals surface area contributed by atoms with E-state index in [9.17, 15) is 4.79 Å². The second-order valence-electron chi connectivity index (χ2n) is 4.70. The van der Waals surface area contributed by atoms with Gasteiger partial charge in [-0.3, -0.25) is 4.79 Å². The fourth-order valence-corrected chi connectivity index (χ4v) is 4.69. The summed E-state index contributed by atoms with van der Waals surface area (Å²) in [5.41, 5.74) is 7.12. The molecule has 0 radical (unpaired) electrons. The molecule has 0 aromatic heterocycles. The first-order valence-electron chi connectivity index (χ1n) is 5.52. The van der Waals surface area contributed by atoms with E-state index in [1.165, 1.54) is 0 Å². The Hall–Kier alpha value is -0.700. The molecular formula is C12H15NOS. The first-order chi connectivity index (χ1) is 7.27. The van der Waals surface area contributed by atoms with Crippen LogP contribution >= 0.6 is 11.8 Å². The third kappa shape index (κ3) is 1.36. The summed E-state index contributed by atoms with van der Waals surface area (Å²) in [7, 11) is 0. The van der Waals surface area contributed by atoms with E-state index in [0.29, 0.717) is 23.5 Å². The van der Waals surface area contributed by atoms with Gasteiger partial charge in [0.2, 0.25) is 0 Å². The number of ketones is 1. The van der Waals surface area contributed by atoms with Crippen LogP contribution in [-0.2, 0) is 4.79 Å². The molecule has 0 amide bonds. The van der Waals surface area contributed by atoms with E-state index >= 15 is 0 Å². The molecule has 2 N–H and O–H groups in total. The Kier molecular flexibility index (Phi) is 2.16. The van der Waals surface area contributed by atoms with Crippen LogP contribution in [0.2, 0.25) is 0 Å². The van der Waals surface area contributed by atoms with Crippen molar-refractivity contribution in [2.45, 2.75) is 6.42 Å². The number of nitrogens with two attached hydrogens (primary N) is 1. The van der Waals surface area contributed by atoms with Crippen LogP contribution in [0.5, 0.6) is 0 Å². The second kappa shape index (κ2) is 3.41. The minimum absolute atomic E-state index is 0.224.